The molecule has 6 nitrogen and oxygen atoms in total. The van der Waals surface area contributed by atoms with Crippen molar-refractivity contribution in [1.29, 1.82) is 0 Å². The molecule has 4 heterocycles. The largest absolute Gasteiger partial charge is 0.369 e. The highest BCUT2D eigenvalue weighted by molar-refractivity contribution is 5.80. The minimum atomic E-state index is 0.0941. The van der Waals surface area contributed by atoms with Crippen LogP contribution in [0.1, 0.15) is 32.6 Å². The molecular formula is C19H25N5O. The van der Waals surface area contributed by atoms with Crippen molar-refractivity contribution >= 4 is 22.8 Å². The number of carbonyl (C=O) groups excluding carboxylic acids is 1. The van der Waals surface area contributed by atoms with Crippen molar-refractivity contribution in [3.05, 3.63) is 24.7 Å². The minimum Gasteiger partial charge on any atom is -0.369 e. The van der Waals surface area contributed by atoms with Crippen LogP contribution in [0, 0.1) is 11.8 Å². The van der Waals surface area contributed by atoms with Crippen molar-refractivity contribution in [2.45, 2.75) is 32.6 Å². The quantitative estimate of drug-likeness (QED) is 0.841. The standard InChI is InChI=1S/C19H25N5O/c1-14-4-2-9-24(12-14)19(25)15-5-3-8-23(13-15)16-10-17-18(22-11-16)21-7-6-20-17/h6-7,10-11,14-15H,2-5,8-9,12-13H2,1H3/t14-,15-/m1/s1. The number of nitrogens with zero attached hydrogens (tertiary/aromatic N) is 5. The summed E-state index contributed by atoms with van der Waals surface area (Å²) in [6.45, 7) is 5.83. The van der Waals surface area contributed by atoms with E-state index < -0.39 is 0 Å². The van der Waals surface area contributed by atoms with E-state index >= 15 is 0 Å². The van der Waals surface area contributed by atoms with Gasteiger partial charge in [0.15, 0.2) is 5.65 Å². The van der Waals surface area contributed by atoms with E-state index in [0.29, 0.717) is 17.5 Å². The second-order valence-electron chi connectivity index (χ2n) is 7.41. The third kappa shape index (κ3) is 3.43. The van der Waals surface area contributed by atoms with Gasteiger partial charge in [-0.1, -0.05) is 6.92 Å². The molecule has 2 aromatic heterocycles. The van der Waals surface area contributed by atoms with Gasteiger partial charge in [0.25, 0.3) is 0 Å². The van der Waals surface area contributed by atoms with E-state index in [2.05, 4.69) is 31.7 Å². The highest BCUT2D eigenvalue weighted by Crippen LogP contribution is 2.27. The van der Waals surface area contributed by atoms with Crippen LogP contribution >= 0.6 is 0 Å². The van der Waals surface area contributed by atoms with Gasteiger partial charge >= 0.3 is 0 Å². The Kier molecular flexibility index (Phi) is 4.51. The Balaban J connectivity index is 1.49. The number of likely N-dealkylation sites (tertiary alicyclic amines) is 1. The lowest BCUT2D eigenvalue weighted by Gasteiger charge is -2.38. The fourth-order valence-electron chi connectivity index (χ4n) is 4.08. The fourth-order valence-corrected chi connectivity index (χ4v) is 4.08. The molecule has 2 fully saturated rings. The summed E-state index contributed by atoms with van der Waals surface area (Å²) in [4.78, 5) is 30.3. The van der Waals surface area contributed by atoms with Gasteiger partial charge < -0.3 is 9.80 Å². The number of carbonyl (C=O) groups is 1. The maximum Gasteiger partial charge on any atom is 0.227 e. The van der Waals surface area contributed by atoms with Crippen molar-refractivity contribution in [1.82, 2.24) is 19.9 Å². The molecule has 0 N–H and O–H groups in total. The van der Waals surface area contributed by atoms with Crippen LogP contribution in [-0.2, 0) is 4.79 Å². The number of pyridine rings is 1. The van der Waals surface area contributed by atoms with Crippen LogP contribution < -0.4 is 4.90 Å². The average Bonchev–Trinajstić information content (AvgIpc) is 2.67. The smallest absolute Gasteiger partial charge is 0.227 e. The predicted octanol–water partition coefficient (Wildman–Crippen LogP) is 2.50. The van der Waals surface area contributed by atoms with E-state index in [1.54, 1.807) is 12.4 Å². The number of amides is 1. The van der Waals surface area contributed by atoms with Gasteiger partial charge in [-0.25, -0.2) is 9.97 Å². The number of piperidine rings is 2. The van der Waals surface area contributed by atoms with Crippen LogP contribution in [-0.4, -0.2) is 51.9 Å². The molecule has 0 unspecified atom stereocenters. The molecule has 25 heavy (non-hydrogen) atoms. The first-order chi connectivity index (χ1) is 12.2. The first kappa shape index (κ1) is 16.2. The molecule has 2 saturated heterocycles. The summed E-state index contributed by atoms with van der Waals surface area (Å²) in [5.41, 5.74) is 2.51. The van der Waals surface area contributed by atoms with Crippen molar-refractivity contribution in [3.8, 4) is 0 Å². The molecule has 6 heteroatoms. The average molecular weight is 339 g/mol. The second-order valence-corrected chi connectivity index (χ2v) is 7.41. The Bertz CT molecular complexity index is 764. The molecule has 4 rings (SSSR count). The van der Waals surface area contributed by atoms with Crippen LogP contribution in [0.15, 0.2) is 24.7 Å². The summed E-state index contributed by atoms with van der Waals surface area (Å²) in [5, 5.41) is 0. The number of hydrogen-bond donors (Lipinski definition) is 0. The summed E-state index contributed by atoms with van der Waals surface area (Å²) in [7, 11) is 0. The summed E-state index contributed by atoms with van der Waals surface area (Å²) in [6.07, 6.45) is 9.60. The van der Waals surface area contributed by atoms with Crippen molar-refractivity contribution in [3.63, 3.8) is 0 Å². The Morgan fingerprint density at radius 2 is 1.92 bits per heavy atom. The molecule has 0 spiro atoms. The second kappa shape index (κ2) is 6.94. The lowest BCUT2D eigenvalue weighted by Crippen LogP contribution is -2.47. The first-order valence-electron chi connectivity index (χ1n) is 9.31. The Labute approximate surface area is 148 Å². The molecule has 132 valence electrons. The topological polar surface area (TPSA) is 62.2 Å². The van der Waals surface area contributed by atoms with E-state index in [9.17, 15) is 4.79 Å². The highest BCUT2D eigenvalue weighted by atomic mass is 16.2. The zero-order valence-corrected chi connectivity index (χ0v) is 14.8. The maximum absolute atomic E-state index is 12.9. The normalized spacial score (nSPS) is 24.5. The molecule has 2 atom stereocenters. The first-order valence-corrected chi connectivity index (χ1v) is 9.31. The molecule has 2 aliphatic heterocycles. The van der Waals surface area contributed by atoms with Gasteiger partial charge in [-0.2, -0.15) is 0 Å². The predicted molar refractivity (Wildman–Crippen MR) is 97.2 cm³/mol. The Morgan fingerprint density at radius 1 is 1.08 bits per heavy atom. The van der Waals surface area contributed by atoms with E-state index in [4.69, 9.17) is 0 Å². The van der Waals surface area contributed by atoms with E-state index in [0.717, 1.165) is 56.6 Å². The number of anilines is 1. The molecule has 0 saturated carbocycles. The van der Waals surface area contributed by atoms with Gasteiger partial charge in [0.1, 0.15) is 5.52 Å². The Hall–Kier alpha value is -2.24. The fraction of sp³-hybridized carbons (Fsp3) is 0.579. The minimum absolute atomic E-state index is 0.0941. The molecule has 1 amide bonds. The van der Waals surface area contributed by atoms with E-state index in [1.165, 1.54) is 6.42 Å². The summed E-state index contributed by atoms with van der Waals surface area (Å²) in [6, 6.07) is 2.03. The molecule has 0 aromatic carbocycles. The molecule has 0 bridgehead atoms. The van der Waals surface area contributed by atoms with Gasteiger partial charge in [-0.05, 0) is 37.7 Å². The van der Waals surface area contributed by atoms with Crippen LogP contribution in [0.5, 0.6) is 0 Å². The number of fused-ring (bicyclic) bond motifs is 1. The summed E-state index contributed by atoms with van der Waals surface area (Å²) in [5.74, 6) is 1.06. The van der Waals surface area contributed by atoms with Gasteiger partial charge in [-0.15, -0.1) is 0 Å². The third-order valence-corrected chi connectivity index (χ3v) is 5.41. The summed E-state index contributed by atoms with van der Waals surface area (Å²) >= 11 is 0. The van der Waals surface area contributed by atoms with Gasteiger partial charge in [0.2, 0.25) is 5.91 Å². The van der Waals surface area contributed by atoms with Crippen LogP contribution in [0.4, 0.5) is 5.69 Å². The number of hydrogen-bond acceptors (Lipinski definition) is 5. The van der Waals surface area contributed by atoms with E-state index in [-0.39, 0.29) is 5.92 Å². The summed E-state index contributed by atoms with van der Waals surface area (Å²) < 4.78 is 0. The number of aromatic nitrogens is 3. The van der Waals surface area contributed by atoms with Crippen molar-refractivity contribution < 1.29 is 4.79 Å². The van der Waals surface area contributed by atoms with Gasteiger partial charge in [0.05, 0.1) is 17.8 Å². The lowest BCUT2D eigenvalue weighted by atomic mass is 9.93. The highest BCUT2D eigenvalue weighted by Gasteiger charge is 2.31. The van der Waals surface area contributed by atoms with E-state index in [1.807, 2.05) is 12.3 Å². The number of rotatable bonds is 2. The zero-order valence-electron chi connectivity index (χ0n) is 14.8. The van der Waals surface area contributed by atoms with Gasteiger partial charge in [0, 0.05) is 38.6 Å². The molecular weight excluding hydrogens is 314 g/mol. The van der Waals surface area contributed by atoms with Gasteiger partial charge in [-0.3, -0.25) is 9.78 Å². The monoisotopic (exact) mass is 339 g/mol. The lowest BCUT2D eigenvalue weighted by molar-refractivity contribution is -0.137. The SMILES string of the molecule is C[C@@H]1CCCN(C(=O)[C@@H]2CCCN(c3cnc4nccnc4c3)C2)C1. The van der Waals surface area contributed by atoms with Crippen molar-refractivity contribution in [2.24, 2.45) is 11.8 Å². The molecule has 2 aromatic rings. The molecule has 0 radical (unpaired) electrons. The maximum atomic E-state index is 12.9. The van der Waals surface area contributed by atoms with Crippen LogP contribution in [0.3, 0.4) is 0 Å². The zero-order chi connectivity index (χ0) is 17.2. The molecule has 2 aliphatic rings. The molecule has 0 aliphatic carbocycles. The van der Waals surface area contributed by atoms with Crippen LogP contribution in [0.25, 0.3) is 11.2 Å². The van der Waals surface area contributed by atoms with Crippen LogP contribution in [0.2, 0.25) is 0 Å². The Morgan fingerprint density at radius 3 is 2.80 bits per heavy atom. The third-order valence-electron chi connectivity index (χ3n) is 5.41. The van der Waals surface area contributed by atoms with Crippen molar-refractivity contribution in [2.75, 3.05) is 31.1 Å².